The number of anilines is 1. The fourth-order valence-corrected chi connectivity index (χ4v) is 4.75. The van der Waals surface area contributed by atoms with E-state index in [9.17, 15) is 19.0 Å². The molecule has 1 saturated heterocycles. The van der Waals surface area contributed by atoms with Gasteiger partial charge in [-0.3, -0.25) is 4.99 Å². The quantitative estimate of drug-likeness (QED) is 0.692. The second-order valence-corrected chi connectivity index (χ2v) is 8.68. The number of ether oxygens (including phenoxy) is 1. The molecule has 9 heteroatoms. The molecule has 2 aliphatic heterocycles. The molecule has 4 atom stereocenters. The van der Waals surface area contributed by atoms with Gasteiger partial charge in [0, 0.05) is 18.1 Å². The van der Waals surface area contributed by atoms with E-state index in [0.29, 0.717) is 30.7 Å². The highest BCUT2D eigenvalue weighted by Gasteiger charge is 2.43. The minimum atomic E-state index is -1.07. The van der Waals surface area contributed by atoms with Gasteiger partial charge in [0.25, 0.3) is 0 Å². The zero-order valence-electron chi connectivity index (χ0n) is 17.1. The monoisotopic (exact) mass is 430 g/mol. The third kappa shape index (κ3) is 3.60. The minimum Gasteiger partial charge on any atom is -0.389 e. The number of aliphatic imine (C=N–C) groups is 1. The summed E-state index contributed by atoms with van der Waals surface area (Å²) in [5.41, 5.74) is 0.617. The summed E-state index contributed by atoms with van der Waals surface area (Å²) in [4.78, 5) is 12.6. The lowest BCUT2D eigenvalue weighted by Gasteiger charge is -2.33. The fourth-order valence-electron chi connectivity index (χ4n) is 4.75. The Bertz CT molecular complexity index is 1060. The molecule has 0 spiro atoms. The van der Waals surface area contributed by atoms with Crippen molar-refractivity contribution in [1.29, 1.82) is 0 Å². The average Bonchev–Trinajstić information content (AvgIpc) is 3.12. The molecule has 1 aliphatic carbocycles. The summed E-state index contributed by atoms with van der Waals surface area (Å²) in [6.45, 7) is 2.40. The van der Waals surface area contributed by atoms with Crippen molar-refractivity contribution in [2.24, 2.45) is 4.99 Å². The number of aliphatic hydroxyl groups excluding tert-OH is 1. The van der Waals surface area contributed by atoms with E-state index in [2.05, 4.69) is 20.3 Å². The lowest BCUT2D eigenvalue weighted by molar-refractivity contribution is -0.0136. The highest BCUT2D eigenvalue weighted by Crippen LogP contribution is 2.48. The van der Waals surface area contributed by atoms with Gasteiger partial charge in [0.05, 0.1) is 30.7 Å². The Morgan fingerprint density at radius 1 is 1.23 bits per heavy atom. The number of hydrogen-bond acceptors (Lipinski definition) is 7. The molecule has 3 aliphatic rings. The second-order valence-electron chi connectivity index (χ2n) is 8.68. The lowest BCUT2D eigenvalue weighted by Crippen LogP contribution is -2.42. The number of nitrogens with zero attached hydrogens (tertiary/aromatic N) is 3. The summed E-state index contributed by atoms with van der Waals surface area (Å²) in [7, 11) is 0. The number of hydrogen-bond donors (Lipinski definition) is 3. The molecule has 1 aromatic carbocycles. The Balaban J connectivity index is 1.49. The van der Waals surface area contributed by atoms with Crippen LogP contribution in [0.4, 0.5) is 20.4 Å². The maximum absolute atomic E-state index is 15.0. The van der Waals surface area contributed by atoms with Crippen molar-refractivity contribution in [3.63, 3.8) is 0 Å². The molecule has 0 amide bonds. The summed E-state index contributed by atoms with van der Waals surface area (Å²) in [5, 5.41) is 23.8. The first-order valence-corrected chi connectivity index (χ1v) is 10.5. The van der Waals surface area contributed by atoms with Gasteiger partial charge in [-0.1, -0.05) is 0 Å². The van der Waals surface area contributed by atoms with E-state index >= 15 is 0 Å². The first-order valence-electron chi connectivity index (χ1n) is 10.5. The lowest BCUT2D eigenvalue weighted by atomic mass is 9.75. The standard InChI is InChI=1S/C22H24F2N4O3/c1-22(30)5-2-3-12-13-7-11(8-14(23)19(13)27-20(12)22)18-15(24)9-25-21(28-18)26-16-4-6-31-10-17(16)29/h7-9,12,16-17,29-30H,2-6,10H2,1H3,(H,25,26,28)/t12?,16-,17-,22?/m1/s1. The smallest absolute Gasteiger partial charge is 0.223 e. The number of halogens is 2. The van der Waals surface area contributed by atoms with Crippen molar-refractivity contribution in [3.05, 3.63) is 35.5 Å². The van der Waals surface area contributed by atoms with Crippen LogP contribution >= 0.6 is 0 Å². The minimum absolute atomic E-state index is 0.0308. The summed E-state index contributed by atoms with van der Waals surface area (Å²) in [5.74, 6) is -1.28. The van der Waals surface area contributed by atoms with Gasteiger partial charge >= 0.3 is 0 Å². The van der Waals surface area contributed by atoms with Crippen molar-refractivity contribution < 1.29 is 23.7 Å². The van der Waals surface area contributed by atoms with Gasteiger partial charge in [-0.2, -0.15) is 0 Å². The summed E-state index contributed by atoms with van der Waals surface area (Å²) < 4.78 is 34.8. The zero-order chi connectivity index (χ0) is 21.8. The maximum atomic E-state index is 15.0. The molecule has 31 heavy (non-hydrogen) atoms. The highest BCUT2D eigenvalue weighted by molar-refractivity contribution is 6.04. The Hall–Kier alpha value is -2.49. The summed E-state index contributed by atoms with van der Waals surface area (Å²) in [6.07, 6.45) is 3.01. The van der Waals surface area contributed by atoms with Crippen LogP contribution in [0.25, 0.3) is 11.3 Å². The van der Waals surface area contributed by atoms with Crippen LogP contribution in [0.2, 0.25) is 0 Å². The topological polar surface area (TPSA) is 99.9 Å². The third-order valence-electron chi connectivity index (χ3n) is 6.40. The Morgan fingerprint density at radius 2 is 2.06 bits per heavy atom. The van der Waals surface area contributed by atoms with Gasteiger partial charge < -0.3 is 20.3 Å². The SMILES string of the molecule is CC1(O)CCCC2C1=Nc1c(F)cc(-c3nc(N[C@@H]4CCOC[C@H]4O)ncc3F)cc12. The van der Waals surface area contributed by atoms with Gasteiger partial charge in [-0.25, -0.2) is 18.7 Å². The van der Waals surface area contributed by atoms with E-state index in [1.54, 1.807) is 13.0 Å². The molecule has 164 valence electrons. The van der Waals surface area contributed by atoms with Crippen LogP contribution < -0.4 is 5.32 Å². The van der Waals surface area contributed by atoms with Crippen molar-refractivity contribution in [3.8, 4) is 11.3 Å². The van der Waals surface area contributed by atoms with Gasteiger partial charge in [0.2, 0.25) is 5.95 Å². The van der Waals surface area contributed by atoms with E-state index in [1.807, 2.05) is 0 Å². The van der Waals surface area contributed by atoms with Crippen LogP contribution in [0.15, 0.2) is 23.3 Å². The van der Waals surface area contributed by atoms with E-state index < -0.39 is 23.3 Å². The van der Waals surface area contributed by atoms with Crippen LogP contribution in [0.3, 0.4) is 0 Å². The van der Waals surface area contributed by atoms with E-state index in [-0.39, 0.29) is 41.5 Å². The number of aliphatic hydroxyl groups is 2. The molecule has 1 aromatic heterocycles. The fraction of sp³-hybridized carbons (Fsp3) is 0.500. The average molecular weight is 430 g/mol. The van der Waals surface area contributed by atoms with Crippen LogP contribution in [-0.4, -0.2) is 56.9 Å². The van der Waals surface area contributed by atoms with Gasteiger partial charge in [-0.15, -0.1) is 0 Å². The number of fused-ring (bicyclic) bond motifs is 3. The molecular formula is C22H24F2N4O3. The van der Waals surface area contributed by atoms with E-state index in [0.717, 1.165) is 19.0 Å². The first-order chi connectivity index (χ1) is 14.8. The molecule has 3 N–H and O–H groups in total. The van der Waals surface area contributed by atoms with Gasteiger partial charge in [-0.05, 0) is 50.3 Å². The van der Waals surface area contributed by atoms with Crippen LogP contribution in [0.5, 0.6) is 0 Å². The molecular weight excluding hydrogens is 406 g/mol. The van der Waals surface area contributed by atoms with Crippen molar-refractivity contribution in [2.75, 3.05) is 18.5 Å². The van der Waals surface area contributed by atoms with Gasteiger partial charge in [0.1, 0.15) is 22.8 Å². The number of aromatic nitrogens is 2. The predicted molar refractivity (Wildman–Crippen MR) is 111 cm³/mol. The number of benzene rings is 1. The van der Waals surface area contributed by atoms with Crippen molar-refractivity contribution in [2.45, 2.75) is 56.3 Å². The normalized spacial score (nSPS) is 29.8. The molecule has 5 rings (SSSR count). The van der Waals surface area contributed by atoms with Crippen LogP contribution in [-0.2, 0) is 4.74 Å². The maximum Gasteiger partial charge on any atom is 0.223 e. The Labute approximate surface area is 178 Å². The predicted octanol–water partition coefficient (Wildman–Crippen LogP) is 3.09. The number of rotatable bonds is 3. The van der Waals surface area contributed by atoms with Gasteiger partial charge in [0.15, 0.2) is 5.82 Å². The molecule has 1 saturated carbocycles. The van der Waals surface area contributed by atoms with Crippen LogP contribution in [0, 0.1) is 11.6 Å². The summed E-state index contributed by atoms with van der Waals surface area (Å²) in [6, 6.07) is 2.61. The van der Waals surface area contributed by atoms with E-state index in [4.69, 9.17) is 4.74 Å². The third-order valence-corrected chi connectivity index (χ3v) is 6.40. The van der Waals surface area contributed by atoms with E-state index in [1.165, 1.54) is 6.07 Å². The molecule has 0 bridgehead atoms. The first kappa shape index (κ1) is 20.4. The molecule has 2 fully saturated rings. The summed E-state index contributed by atoms with van der Waals surface area (Å²) >= 11 is 0. The largest absolute Gasteiger partial charge is 0.389 e. The molecule has 7 nitrogen and oxygen atoms in total. The second kappa shape index (κ2) is 7.58. The van der Waals surface area contributed by atoms with Crippen molar-refractivity contribution >= 4 is 17.3 Å². The molecule has 2 unspecified atom stereocenters. The molecule has 3 heterocycles. The number of nitrogens with one attached hydrogen (secondary N) is 1. The molecule has 2 aromatic rings. The Morgan fingerprint density at radius 3 is 2.87 bits per heavy atom. The zero-order valence-corrected chi connectivity index (χ0v) is 17.1. The van der Waals surface area contributed by atoms with Crippen molar-refractivity contribution in [1.82, 2.24) is 9.97 Å². The molecule has 0 radical (unpaired) electrons. The van der Waals surface area contributed by atoms with Crippen LogP contribution in [0.1, 0.15) is 44.1 Å². The Kier molecular flexibility index (Phi) is 4.99. The highest BCUT2D eigenvalue weighted by atomic mass is 19.1.